The van der Waals surface area contributed by atoms with Crippen molar-refractivity contribution in [3.63, 3.8) is 0 Å². The molecule has 256 valence electrons. The summed E-state index contributed by atoms with van der Waals surface area (Å²) in [7, 11) is 3.06. The third-order valence-corrected chi connectivity index (χ3v) is 9.81. The number of fused-ring (bicyclic) bond motifs is 3. The van der Waals surface area contributed by atoms with Gasteiger partial charge in [0.25, 0.3) is 0 Å². The molecule has 1 aromatic heterocycles. The summed E-state index contributed by atoms with van der Waals surface area (Å²) in [6, 6.07) is 17.8. The summed E-state index contributed by atoms with van der Waals surface area (Å²) >= 11 is 12.9. The summed E-state index contributed by atoms with van der Waals surface area (Å²) in [6.45, 7) is 2.84. The minimum atomic E-state index is -0.783. The molecule has 0 aliphatic carbocycles. The van der Waals surface area contributed by atoms with Gasteiger partial charge in [-0.15, -0.1) is 0 Å². The predicted octanol–water partition coefficient (Wildman–Crippen LogP) is 7.34. The van der Waals surface area contributed by atoms with E-state index in [4.69, 9.17) is 42.1 Å². The molecule has 1 N–H and O–H groups in total. The number of anilines is 1. The first-order valence-electron chi connectivity index (χ1n) is 16.0. The lowest BCUT2D eigenvalue weighted by molar-refractivity contribution is -0.377. The van der Waals surface area contributed by atoms with Crippen molar-refractivity contribution < 1.29 is 37.9 Å². The van der Waals surface area contributed by atoms with Gasteiger partial charge in [0, 0.05) is 18.5 Å². The Morgan fingerprint density at radius 3 is 2.31 bits per heavy atom. The number of halogens is 3. The smallest absolute Gasteiger partial charge is 0.414 e. The van der Waals surface area contributed by atoms with E-state index >= 15 is 0 Å². The van der Waals surface area contributed by atoms with Gasteiger partial charge in [0.1, 0.15) is 28.1 Å². The van der Waals surface area contributed by atoms with E-state index in [0.29, 0.717) is 61.9 Å². The molecule has 12 heteroatoms. The molecule has 3 aliphatic heterocycles. The number of aromatic amines is 1. The number of methoxy groups -OCH3 is 2. The highest BCUT2D eigenvalue weighted by Crippen LogP contribution is 2.36. The van der Waals surface area contributed by atoms with E-state index in [1.807, 2.05) is 0 Å². The van der Waals surface area contributed by atoms with Crippen molar-refractivity contribution in [2.45, 2.75) is 38.0 Å². The van der Waals surface area contributed by atoms with Gasteiger partial charge >= 0.3 is 12.1 Å². The first kappa shape index (κ1) is 34.5. The van der Waals surface area contributed by atoms with Gasteiger partial charge in [-0.25, -0.2) is 19.0 Å². The van der Waals surface area contributed by atoms with Crippen LogP contribution in [0.5, 0.6) is 11.5 Å². The number of hydrogen-bond donors (Lipinski definition) is 0. The molecule has 0 radical (unpaired) electrons. The van der Waals surface area contributed by atoms with Gasteiger partial charge in [-0.1, -0.05) is 47.5 Å². The molecule has 0 saturated carbocycles. The van der Waals surface area contributed by atoms with E-state index in [1.165, 1.54) is 31.3 Å². The molecule has 9 nitrogen and oxygen atoms in total. The van der Waals surface area contributed by atoms with Crippen LogP contribution in [0.25, 0.3) is 0 Å². The largest absolute Gasteiger partial charge is 0.493 e. The van der Waals surface area contributed by atoms with Gasteiger partial charge < -0.3 is 18.9 Å². The molecule has 7 rings (SSSR count). The summed E-state index contributed by atoms with van der Waals surface area (Å²) in [6.07, 6.45) is 3.86. The van der Waals surface area contributed by atoms with Gasteiger partial charge in [-0.2, -0.15) is 0 Å². The number of amides is 1. The number of H-pyrrole nitrogens is 1. The summed E-state index contributed by atoms with van der Waals surface area (Å²) in [5.74, 6) is 0.279. The van der Waals surface area contributed by atoms with E-state index in [2.05, 4.69) is 9.88 Å². The highest BCUT2D eigenvalue weighted by Gasteiger charge is 2.37. The quantitative estimate of drug-likeness (QED) is 0.151. The molecule has 3 saturated heterocycles. The van der Waals surface area contributed by atoms with Gasteiger partial charge in [0.05, 0.1) is 32.0 Å². The summed E-state index contributed by atoms with van der Waals surface area (Å²) in [5.41, 5.74) is 2.63. The van der Waals surface area contributed by atoms with E-state index in [1.54, 1.807) is 67.0 Å². The molecule has 3 aromatic carbocycles. The fraction of sp³-hybridized carbons (Fsp3) is 0.324. The molecule has 0 unspecified atom stereocenters. The van der Waals surface area contributed by atoms with Gasteiger partial charge in [0.15, 0.2) is 23.9 Å². The van der Waals surface area contributed by atoms with Gasteiger partial charge in [-0.05, 0) is 85.4 Å². The van der Waals surface area contributed by atoms with Crippen LogP contribution in [0.15, 0.2) is 79.1 Å². The maximum atomic E-state index is 14.3. The first-order valence-corrected chi connectivity index (χ1v) is 16.8. The summed E-state index contributed by atoms with van der Waals surface area (Å²) < 4.78 is 37.2. The van der Waals surface area contributed by atoms with Crippen LogP contribution >= 0.6 is 23.2 Å². The average Bonchev–Trinajstić information content (AvgIpc) is 3.12. The molecule has 4 aromatic rings. The third-order valence-electron chi connectivity index (χ3n) is 9.13. The first-order chi connectivity index (χ1) is 23.7. The van der Waals surface area contributed by atoms with Crippen LogP contribution in [-0.4, -0.2) is 56.9 Å². The molecule has 3 aliphatic rings. The Hall–Kier alpha value is -4.38. The molecular formula is C37H37Cl2FN3O6+. The number of benzene rings is 3. The van der Waals surface area contributed by atoms with Crippen molar-refractivity contribution >= 4 is 41.0 Å². The Kier molecular flexibility index (Phi) is 10.9. The number of carbonyl (C=O) groups excluding carboxylic acids is 2. The molecule has 49 heavy (non-hydrogen) atoms. The zero-order valence-corrected chi connectivity index (χ0v) is 28.7. The Balaban J connectivity index is 1.21. The molecule has 1 amide bonds. The normalized spacial score (nSPS) is 18.8. The number of rotatable bonds is 11. The zero-order valence-electron chi connectivity index (χ0n) is 27.2. The monoisotopic (exact) mass is 708 g/mol. The number of nitrogens with one attached hydrogen (secondary N) is 1. The van der Waals surface area contributed by atoms with Crippen LogP contribution in [0.3, 0.4) is 0 Å². The number of pyridine rings is 1. The molecule has 0 spiro atoms. The van der Waals surface area contributed by atoms with Crippen molar-refractivity contribution in [2.24, 2.45) is 5.92 Å². The summed E-state index contributed by atoms with van der Waals surface area (Å²) in [5, 5.41) is 0.793. The number of aromatic nitrogens is 1. The number of esters is 1. The second-order valence-electron chi connectivity index (χ2n) is 12.2. The lowest BCUT2D eigenvalue weighted by atomic mass is 9.86. The minimum absolute atomic E-state index is 0.106. The number of ether oxygens (including phenoxy) is 4. The lowest BCUT2D eigenvalue weighted by Crippen LogP contribution is -2.53. The standard InChI is InChI=1S/C37H36Cl2FN3O6/c1-46-32-11-10-26(16-34(32)47-2)33(18-29-30(38)19-41-20-31(29)39)48-36(44)25-8-6-23(7-9-25)21-43(28-5-3-4-27(40)17-28)37(45)49-35-22-42-14-12-24(35)13-15-42/h3-11,16-17,19-20,24,33,35H,12-15,18,21-22H2,1-2H3/p+1/t33-,35+/m1/s1. The van der Waals surface area contributed by atoms with Crippen molar-refractivity contribution in [3.8, 4) is 11.5 Å². The Bertz CT molecular complexity index is 1780. The molecule has 2 bridgehead atoms. The molecular weight excluding hydrogens is 672 g/mol. The Morgan fingerprint density at radius 2 is 1.67 bits per heavy atom. The van der Waals surface area contributed by atoms with Gasteiger partial charge in [-0.3, -0.25) is 9.80 Å². The number of piperidine rings is 3. The highest BCUT2D eigenvalue weighted by molar-refractivity contribution is 6.35. The van der Waals surface area contributed by atoms with E-state index in [0.717, 1.165) is 25.9 Å². The minimum Gasteiger partial charge on any atom is -0.493 e. The zero-order chi connectivity index (χ0) is 34.5. The highest BCUT2D eigenvalue weighted by atomic mass is 35.5. The van der Waals surface area contributed by atoms with Crippen molar-refractivity contribution in [2.75, 3.05) is 38.8 Å². The van der Waals surface area contributed by atoms with Crippen LogP contribution in [-0.2, 0) is 22.4 Å². The van der Waals surface area contributed by atoms with Crippen LogP contribution in [0.1, 0.15) is 46.0 Å². The molecule has 2 atom stereocenters. The van der Waals surface area contributed by atoms with Crippen molar-refractivity contribution in [1.29, 1.82) is 0 Å². The fourth-order valence-electron chi connectivity index (χ4n) is 6.41. The second kappa shape index (κ2) is 15.4. The van der Waals surface area contributed by atoms with E-state index < -0.39 is 24.0 Å². The fourth-order valence-corrected chi connectivity index (χ4v) is 6.94. The lowest BCUT2D eigenvalue weighted by Gasteiger charge is -2.44. The van der Waals surface area contributed by atoms with Gasteiger partial charge in [0.2, 0.25) is 0 Å². The SMILES string of the molecule is COc1ccc([C@@H](Cc2c(Cl)c[nH+]cc2Cl)OC(=O)c2ccc(CN(C(=O)O[C@H]3CN4CCC3CC4)c3cccc(F)c3)cc2)cc1OC. The maximum absolute atomic E-state index is 14.3. The molecule has 4 heterocycles. The average molecular weight is 710 g/mol. The van der Waals surface area contributed by atoms with Crippen LogP contribution in [0, 0.1) is 11.7 Å². The van der Waals surface area contributed by atoms with Crippen LogP contribution in [0.4, 0.5) is 14.9 Å². The Morgan fingerprint density at radius 1 is 0.959 bits per heavy atom. The second-order valence-corrected chi connectivity index (χ2v) is 13.0. The topological polar surface area (TPSA) is 91.7 Å². The third kappa shape index (κ3) is 8.09. The van der Waals surface area contributed by atoms with E-state index in [9.17, 15) is 14.0 Å². The van der Waals surface area contributed by atoms with Crippen molar-refractivity contribution in [3.05, 3.63) is 117 Å². The maximum Gasteiger partial charge on any atom is 0.414 e. The summed E-state index contributed by atoms with van der Waals surface area (Å²) in [4.78, 5) is 33.8. The predicted molar refractivity (Wildman–Crippen MR) is 183 cm³/mol. The number of carbonyl (C=O) groups is 2. The Labute approximate surface area is 294 Å². The van der Waals surface area contributed by atoms with Crippen LogP contribution < -0.4 is 19.4 Å². The number of nitrogens with zero attached hydrogens (tertiary/aromatic N) is 2. The molecule has 3 fully saturated rings. The number of hydrogen-bond acceptors (Lipinski definition) is 7. The van der Waals surface area contributed by atoms with Crippen LogP contribution in [0.2, 0.25) is 10.0 Å². The van der Waals surface area contributed by atoms with E-state index in [-0.39, 0.29) is 19.1 Å². The van der Waals surface area contributed by atoms with Crippen molar-refractivity contribution in [1.82, 2.24) is 4.90 Å².